The number of methoxy groups -OCH3 is 1. The number of carbonyl (C=O) groups is 1. The number of anilines is 1. The summed E-state index contributed by atoms with van der Waals surface area (Å²) in [4.78, 5) is 19.0. The van der Waals surface area contributed by atoms with Gasteiger partial charge in [-0.2, -0.15) is 0 Å². The van der Waals surface area contributed by atoms with Crippen LogP contribution in [0.5, 0.6) is 0 Å². The highest BCUT2D eigenvalue weighted by Crippen LogP contribution is 2.25. The van der Waals surface area contributed by atoms with Gasteiger partial charge in [-0.25, -0.2) is 4.98 Å². The minimum Gasteiger partial charge on any atom is -0.383 e. The Kier molecular flexibility index (Phi) is 4.88. The van der Waals surface area contributed by atoms with Gasteiger partial charge in [-0.15, -0.1) is 0 Å². The Bertz CT molecular complexity index is 687. The van der Waals surface area contributed by atoms with Crippen LogP contribution in [0.1, 0.15) is 21.5 Å². The Morgan fingerprint density at radius 3 is 2.91 bits per heavy atom. The predicted molar refractivity (Wildman–Crippen MR) is 89.6 cm³/mol. The molecule has 3 rings (SSSR count). The molecule has 0 radical (unpaired) electrons. The van der Waals surface area contributed by atoms with E-state index in [1.54, 1.807) is 19.4 Å². The zero-order valence-corrected chi connectivity index (χ0v) is 13.3. The minimum atomic E-state index is -0.107. The molecule has 1 aliphatic heterocycles. The molecule has 1 amide bonds. The fraction of sp³-hybridized carbons (Fsp3) is 0.333. The van der Waals surface area contributed by atoms with Gasteiger partial charge in [0, 0.05) is 32.9 Å². The van der Waals surface area contributed by atoms with E-state index >= 15 is 0 Å². The lowest BCUT2D eigenvalue weighted by atomic mass is 9.99. The first-order valence-electron chi connectivity index (χ1n) is 7.83. The summed E-state index contributed by atoms with van der Waals surface area (Å²) in [5.74, 6) is 0.640. The van der Waals surface area contributed by atoms with Gasteiger partial charge in [0.05, 0.1) is 12.2 Å². The summed E-state index contributed by atoms with van der Waals surface area (Å²) in [5, 5.41) is 2.87. The number of carbonyl (C=O) groups excluding carboxylic acids is 1. The van der Waals surface area contributed by atoms with Crippen molar-refractivity contribution in [2.24, 2.45) is 0 Å². The number of amides is 1. The first-order chi connectivity index (χ1) is 11.3. The summed E-state index contributed by atoms with van der Waals surface area (Å²) < 4.78 is 4.97. The van der Waals surface area contributed by atoms with Gasteiger partial charge in [-0.05, 0) is 29.7 Å². The Morgan fingerprint density at radius 1 is 1.26 bits per heavy atom. The second-order valence-electron chi connectivity index (χ2n) is 5.56. The van der Waals surface area contributed by atoms with Crippen molar-refractivity contribution in [3.63, 3.8) is 0 Å². The average molecular weight is 311 g/mol. The normalized spacial score (nSPS) is 13.5. The smallest absolute Gasteiger partial charge is 0.255 e. The van der Waals surface area contributed by atoms with Crippen molar-refractivity contribution >= 4 is 11.7 Å². The molecule has 0 saturated heterocycles. The highest BCUT2D eigenvalue weighted by molar-refractivity contribution is 5.98. The van der Waals surface area contributed by atoms with E-state index < -0.39 is 0 Å². The molecular weight excluding hydrogens is 290 g/mol. The maximum atomic E-state index is 12.4. The van der Waals surface area contributed by atoms with Gasteiger partial charge in [0.25, 0.3) is 5.91 Å². The summed E-state index contributed by atoms with van der Waals surface area (Å²) in [7, 11) is 1.62. The Morgan fingerprint density at radius 2 is 2.09 bits per heavy atom. The topological polar surface area (TPSA) is 54.5 Å². The minimum absolute atomic E-state index is 0.107. The summed E-state index contributed by atoms with van der Waals surface area (Å²) >= 11 is 0. The summed E-state index contributed by atoms with van der Waals surface area (Å²) in [5.41, 5.74) is 3.30. The SMILES string of the molecule is COCCNC(=O)c1cccnc1N1CCc2ccccc2C1. The second-order valence-corrected chi connectivity index (χ2v) is 5.56. The molecule has 2 heterocycles. The third-order valence-electron chi connectivity index (χ3n) is 4.05. The van der Waals surface area contributed by atoms with Gasteiger partial charge in [0.2, 0.25) is 0 Å². The van der Waals surface area contributed by atoms with E-state index in [9.17, 15) is 4.79 Å². The predicted octanol–water partition coefficient (Wildman–Crippen LogP) is 2.02. The molecule has 5 nitrogen and oxygen atoms in total. The van der Waals surface area contributed by atoms with Crippen LogP contribution in [0.3, 0.4) is 0 Å². The van der Waals surface area contributed by atoms with Crippen molar-refractivity contribution in [3.8, 4) is 0 Å². The molecule has 0 unspecified atom stereocenters. The van der Waals surface area contributed by atoms with Crippen molar-refractivity contribution in [1.29, 1.82) is 0 Å². The molecule has 1 aliphatic rings. The molecule has 2 aromatic rings. The Hall–Kier alpha value is -2.40. The van der Waals surface area contributed by atoms with Gasteiger partial charge in [0.1, 0.15) is 5.82 Å². The van der Waals surface area contributed by atoms with Crippen LogP contribution >= 0.6 is 0 Å². The van der Waals surface area contributed by atoms with E-state index in [1.165, 1.54) is 11.1 Å². The van der Waals surface area contributed by atoms with Crippen LogP contribution < -0.4 is 10.2 Å². The lowest BCUT2D eigenvalue weighted by Gasteiger charge is -2.30. The van der Waals surface area contributed by atoms with E-state index in [4.69, 9.17) is 4.74 Å². The molecular formula is C18H21N3O2. The fourth-order valence-corrected chi connectivity index (χ4v) is 2.86. The molecule has 0 spiro atoms. The van der Waals surface area contributed by atoms with Gasteiger partial charge in [-0.3, -0.25) is 4.79 Å². The molecule has 1 N–H and O–H groups in total. The first kappa shape index (κ1) is 15.5. The lowest BCUT2D eigenvalue weighted by molar-refractivity contribution is 0.0937. The Labute approximate surface area is 136 Å². The van der Waals surface area contributed by atoms with Crippen molar-refractivity contribution in [2.75, 3.05) is 31.7 Å². The van der Waals surface area contributed by atoms with Gasteiger partial charge >= 0.3 is 0 Å². The monoisotopic (exact) mass is 311 g/mol. The molecule has 23 heavy (non-hydrogen) atoms. The number of hydrogen-bond acceptors (Lipinski definition) is 4. The number of aromatic nitrogens is 1. The lowest BCUT2D eigenvalue weighted by Crippen LogP contribution is -2.34. The molecule has 5 heteroatoms. The molecule has 0 atom stereocenters. The number of rotatable bonds is 5. The van der Waals surface area contributed by atoms with Crippen LogP contribution in [0.15, 0.2) is 42.6 Å². The zero-order chi connectivity index (χ0) is 16.1. The number of fused-ring (bicyclic) bond motifs is 1. The van der Waals surface area contributed by atoms with Crippen LogP contribution in [-0.2, 0) is 17.7 Å². The maximum absolute atomic E-state index is 12.4. The molecule has 0 aliphatic carbocycles. The number of nitrogens with zero attached hydrogens (tertiary/aromatic N) is 2. The average Bonchev–Trinajstić information content (AvgIpc) is 2.61. The summed E-state index contributed by atoms with van der Waals surface area (Å²) in [6.07, 6.45) is 2.71. The molecule has 0 fully saturated rings. The maximum Gasteiger partial charge on any atom is 0.255 e. The molecule has 0 bridgehead atoms. The van der Waals surface area contributed by atoms with E-state index in [1.807, 2.05) is 6.07 Å². The Balaban J connectivity index is 1.80. The third-order valence-corrected chi connectivity index (χ3v) is 4.05. The third kappa shape index (κ3) is 3.51. The molecule has 1 aromatic carbocycles. The molecule has 0 saturated carbocycles. The first-order valence-corrected chi connectivity index (χ1v) is 7.83. The fourth-order valence-electron chi connectivity index (χ4n) is 2.86. The standard InChI is InChI=1S/C18H21N3O2/c1-23-12-10-20-18(22)16-7-4-9-19-17(16)21-11-8-14-5-2-3-6-15(14)13-21/h2-7,9H,8,10-13H2,1H3,(H,20,22). The van der Waals surface area contributed by atoms with E-state index in [-0.39, 0.29) is 5.91 Å². The van der Waals surface area contributed by atoms with Crippen molar-refractivity contribution in [3.05, 3.63) is 59.3 Å². The van der Waals surface area contributed by atoms with Crippen molar-refractivity contribution < 1.29 is 9.53 Å². The molecule has 1 aromatic heterocycles. The summed E-state index contributed by atoms with van der Waals surface area (Å²) in [6, 6.07) is 12.1. The highest BCUT2D eigenvalue weighted by atomic mass is 16.5. The highest BCUT2D eigenvalue weighted by Gasteiger charge is 2.21. The number of ether oxygens (including phenoxy) is 1. The van der Waals surface area contributed by atoms with Crippen molar-refractivity contribution in [1.82, 2.24) is 10.3 Å². The van der Waals surface area contributed by atoms with Crippen LogP contribution in [0.4, 0.5) is 5.82 Å². The summed E-state index contributed by atoms with van der Waals surface area (Å²) in [6.45, 7) is 2.64. The molecule has 120 valence electrons. The zero-order valence-electron chi connectivity index (χ0n) is 13.3. The second kappa shape index (κ2) is 7.24. The quantitative estimate of drug-likeness (QED) is 0.858. The van der Waals surface area contributed by atoms with Gasteiger partial charge in [-0.1, -0.05) is 24.3 Å². The van der Waals surface area contributed by atoms with E-state index in [2.05, 4.69) is 39.5 Å². The largest absolute Gasteiger partial charge is 0.383 e. The number of hydrogen-bond donors (Lipinski definition) is 1. The van der Waals surface area contributed by atoms with Gasteiger partial charge < -0.3 is 15.0 Å². The van der Waals surface area contributed by atoms with Crippen LogP contribution in [-0.4, -0.2) is 37.7 Å². The number of pyridine rings is 1. The van der Waals surface area contributed by atoms with Gasteiger partial charge in [0.15, 0.2) is 0 Å². The van der Waals surface area contributed by atoms with Crippen molar-refractivity contribution in [2.45, 2.75) is 13.0 Å². The van der Waals surface area contributed by atoms with E-state index in [0.717, 1.165) is 25.3 Å². The number of nitrogens with one attached hydrogen (secondary N) is 1. The van der Waals surface area contributed by atoms with Crippen LogP contribution in [0, 0.1) is 0 Å². The number of benzene rings is 1. The van der Waals surface area contributed by atoms with Crippen LogP contribution in [0.2, 0.25) is 0 Å². The van der Waals surface area contributed by atoms with E-state index in [0.29, 0.717) is 18.7 Å². The van der Waals surface area contributed by atoms with Crippen LogP contribution in [0.25, 0.3) is 0 Å².